The van der Waals surface area contributed by atoms with E-state index in [-0.39, 0.29) is 11.6 Å². The van der Waals surface area contributed by atoms with Crippen LogP contribution in [-0.4, -0.2) is 26.1 Å². The van der Waals surface area contributed by atoms with E-state index >= 15 is 0 Å². The van der Waals surface area contributed by atoms with Crippen LogP contribution in [0.2, 0.25) is 18.1 Å². The van der Waals surface area contributed by atoms with Crippen molar-refractivity contribution in [3.8, 4) is 0 Å². The molecule has 0 aliphatic heterocycles. The second kappa shape index (κ2) is 6.77. The third-order valence-corrected chi connectivity index (χ3v) is 8.10. The van der Waals surface area contributed by atoms with Gasteiger partial charge in [0.1, 0.15) is 0 Å². The minimum Gasteiger partial charge on any atom is -0.414 e. The van der Waals surface area contributed by atoms with E-state index in [0.29, 0.717) is 6.10 Å². The topological polar surface area (TPSA) is 29.5 Å². The molecule has 0 amide bonds. The summed E-state index contributed by atoms with van der Waals surface area (Å²) in [6.07, 6.45) is 4.48. The molecular weight excluding hydrogens is 216 g/mol. The first-order chi connectivity index (χ1) is 7.24. The third-order valence-electron chi connectivity index (χ3n) is 3.56. The van der Waals surface area contributed by atoms with Crippen LogP contribution in [0, 0.1) is 0 Å². The van der Waals surface area contributed by atoms with Crippen LogP contribution in [0.3, 0.4) is 0 Å². The van der Waals surface area contributed by atoms with Crippen LogP contribution in [0.4, 0.5) is 0 Å². The lowest BCUT2D eigenvalue weighted by Crippen LogP contribution is -2.44. The fourth-order valence-corrected chi connectivity index (χ4v) is 2.92. The van der Waals surface area contributed by atoms with Gasteiger partial charge in [-0.3, -0.25) is 0 Å². The first-order valence-corrected chi connectivity index (χ1v) is 9.44. The second-order valence-corrected chi connectivity index (χ2v) is 10.9. The Morgan fingerprint density at radius 1 is 1.19 bits per heavy atom. The average molecular weight is 246 g/mol. The Bertz CT molecular complexity index is 185. The van der Waals surface area contributed by atoms with Gasteiger partial charge in [-0.25, -0.2) is 0 Å². The molecule has 0 aliphatic rings. The van der Waals surface area contributed by atoms with Crippen LogP contribution in [-0.2, 0) is 4.43 Å². The maximum atomic E-state index is 8.90. The van der Waals surface area contributed by atoms with Crippen molar-refractivity contribution in [2.45, 2.75) is 77.6 Å². The summed E-state index contributed by atoms with van der Waals surface area (Å²) in [4.78, 5) is 0. The van der Waals surface area contributed by atoms with E-state index in [1.807, 2.05) is 0 Å². The van der Waals surface area contributed by atoms with Crippen LogP contribution in [0.15, 0.2) is 0 Å². The zero-order valence-corrected chi connectivity index (χ0v) is 13.0. The molecule has 2 nitrogen and oxygen atoms in total. The van der Waals surface area contributed by atoms with Gasteiger partial charge in [-0.1, -0.05) is 34.1 Å². The molecule has 0 rings (SSSR count). The van der Waals surface area contributed by atoms with Gasteiger partial charge in [0.05, 0.1) is 0 Å². The van der Waals surface area contributed by atoms with E-state index in [4.69, 9.17) is 9.53 Å². The van der Waals surface area contributed by atoms with Crippen molar-refractivity contribution >= 4 is 8.32 Å². The molecule has 0 heterocycles. The molecule has 0 bridgehead atoms. The maximum absolute atomic E-state index is 8.90. The third kappa shape index (κ3) is 5.46. The molecule has 0 aromatic rings. The molecule has 0 aromatic carbocycles. The molecule has 16 heavy (non-hydrogen) atoms. The normalized spacial score (nSPS) is 15.2. The molecule has 3 heteroatoms. The summed E-state index contributed by atoms with van der Waals surface area (Å²) < 4.78 is 6.37. The Kier molecular flexibility index (Phi) is 6.83. The molecular formula is C13H30O2Si. The standard InChI is InChI=1S/C13H30O2Si/c1-7-9-12(10-8-11-14)15-16(5,6)13(2,3)4/h12,14H,7-11H2,1-6H3/t12-/m0/s1. The highest BCUT2D eigenvalue weighted by Crippen LogP contribution is 2.38. The maximum Gasteiger partial charge on any atom is 0.192 e. The minimum atomic E-state index is -1.64. The minimum absolute atomic E-state index is 0.276. The second-order valence-electron chi connectivity index (χ2n) is 6.15. The Hall–Kier alpha value is 0.137. The summed E-state index contributed by atoms with van der Waals surface area (Å²) in [6.45, 7) is 13.9. The van der Waals surface area contributed by atoms with Crippen LogP contribution in [0.25, 0.3) is 0 Å². The highest BCUT2D eigenvalue weighted by Gasteiger charge is 2.38. The van der Waals surface area contributed by atoms with Gasteiger partial charge in [0.25, 0.3) is 0 Å². The van der Waals surface area contributed by atoms with Crippen molar-refractivity contribution in [2.75, 3.05) is 6.61 Å². The van der Waals surface area contributed by atoms with Crippen molar-refractivity contribution in [3.05, 3.63) is 0 Å². The summed E-state index contributed by atoms with van der Waals surface area (Å²) >= 11 is 0. The zero-order chi connectivity index (χ0) is 12.8. The molecule has 98 valence electrons. The molecule has 0 radical (unpaired) electrons. The highest BCUT2D eigenvalue weighted by molar-refractivity contribution is 6.74. The average Bonchev–Trinajstić information content (AvgIpc) is 2.12. The molecule has 0 saturated heterocycles. The molecule has 1 N–H and O–H groups in total. The van der Waals surface area contributed by atoms with Gasteiger partial charge in [-0.05, 0) is 37.4 Å². The molecule has 0 aromatic heterocycles. The van der Waals surface area contributed by atoms with Crippen molar-refractivity contribution in [1.82, 2.24) is 0 Å². The van der Waals surface area contributed by atoms with E-state index in [9.17, 15) is 0 Å². The van der Waals surface area contributed by atoms with Crippen LogP contribution in [0.5, 0.6) is 0 Å². The summed E-state index contributed by atoms with van der Waals surface area (Å²) in [5.41, 5.74) is 0. The zero-order valence-electron chi connectivity index (χ0n) is 12.0. The largest absolute Gasteiger partial charge is 0.414 e. The van der Waals surface area contributed by atoms with Gasteiger partial charge in [0.2, 0.25) is 0 Å². The first kappa shape index (κ1) is 16.1. The molecule has 0 unspecified atom stereocenters. The summed E-state index contributed by atoms with van der Waals surface area (Å²) in [5, 5.41) is 9.17. The number of aliphatic hydroxyl groups is 1. The molecule has 0 fully saturated rings. The Labute approximate surface area is 103 Å². The number of hydrogen-bond acceptors (Lipinski definition) is 2. The fraction of sp³-hybridized carbons (Fsp3) is 1.00. The molecule has 0 spiro atoms. The van der Waals surface area contributed by atoms with Gasteiger partial charge in [0, 0.05) is 12.7 Å². The predicted octanol–water partition coefficient (Wildman–Crippen LogP) is 3.95. The van der Waals surface area contributed by atoms with Gasteiger partial charge in [0.15, 0.2) is 8.32 Å². The van der Waals surface area contributed by atoms with E-state index in [1.165, 1.54) is 0 Å². The molecule has 0 saturated carbocycles. The number of rotatable bonds is 7. The molecule has 0 aliphatic carbocycles. The van der Waals surface area contributed by atoms with Gasteiger partial charge in [-0.15, -0.1) is 0 Å². The van der Waals surface area contributed by atoms with Gasteiger partial charge < -0.3 is 9.53 Å². The smallest absolute Gasteiger partial charge is 0.192 e. The fourth-order valence-electron chi connectivity index (χ4n) is 1.50. The van der Waals surface area contributed by atoms with E-state index in [0.717, 1.165) is 25.7 Å². The Morgan fingerprint density at radius 3 is 2.12 bits per heavy atom. The van der Waals surface area contributed by atoms with Gasteiger partial charge in [-0.2, -0.15) is 0 Å². The lowest BCUT2D eigenvalue weighted by Gasteiger charge is -2.39. The lowest BCUT2D eigenvalue weighted by molar-refractivity contribution is 0.147. The van der Waals surface area contributed by atoms with Gasteiger partial charge >= 0.3 is 0 Å². The van der Waals surface area contributed by atoms with Crippen molar-refractivity contribution in [1.29, 1.82) is 0 Å². The summed E-state index contributed by atoms with van der Waals surface area (Å²) in [6, 6.07) is 0. The SMILES string of the molecule is CCC[C@@H](CCCO)O[Si](C)(C)C(C)(C)C. The molecule has 1 atom stereocenters. The first-order valence-electron chi connectivity index (χ1n) is 6.53. The van der Waals surface area contributed by atoms with Crippen molar-refractivity contribution < 1.29 is 9.53 Å². The quantitative estimate of drug-likeness (QED) is 0.689. The van der Waals surface area contributed by atoms with E-state index in [1.54, 1.807) is 0 Å². The van der Waals surface area contributed by atoms with Crippen molar-refractivity contribution in [2.24, 2.45) is 0 Å². The Balaban J connectivity index is 4.36. The van der Waals surface area contributed by atoms with E-state index < -0.39 is 8.32 Å². The number of aliphatic hydroxyl groups excluding tert-OH is 1. The Morgan fingerprint density at radius 2 is 1.75 bits per heavy atom. The van der Waals surface area contributed by atoms with Crippen LogP contribution < -0.4 is 0 Å². The summed E-state index contributed by atoms with van der Waals surface area (Å²) in [7, 11) is -1.64. The monoisotopic (exact) mass is 246 g/mol. The van der Waals surface area contributed by atoms with Crippen LogP contribution in [0.1, 0.15) is 53.4 Å². The lowest BCUT2D eigenvalue weighted by atomic mass is 10.1. The number of hydrogen-bond donors (Lipinski definition) is 1. The van der Waals surface area contributed by atoms with Crippen molar-refractivity contribution in [3.63, 3.8) is 0 Å². The summed E-state index contributed by atoms with van der Waals surface area (Å²) in [5.74, 6) is 0. The predicted molar refractivity (Wildman–Crippen MR) is 73.3 cm³/mol. The van der Waals surface area contributed by atoms with E-state index in [2.05, 4.69) is 40.8 Å². The van der Waals surface area contributed by atoms with Crippen LogP contribution >= 0.6 is 0 Å². The highest BCUT2D eigenvalue weighted by atomic mass is 28.4.